The number of carbonyl (C=O) groups excluding carboxylic acids is 1. The molecule has 112 valence electrons. The number of amides is 1. The Morgan fingerprint density at radius 3 is 2.60 bits per heavy atom. The van der Waals surface area contributed by atoms with Gasteiger partial charge in [-0.1, -0.05) is 30.3 Å². The molecule has 1 aromatic rings. The van der Waals surface area contributed by atoms with Crippen LogP contribution >= 0.6 is 0 Å². The van der Waals surface area contributed by atoms with E-state index in [9.17, 15) is 4.79 Å². The molecule has 0 aliphatic heterocycles. The van der Waals surface area contributed by atoms with Gasteiger partial charge in [0.1, 0.15) is 0 Å². The Labute approximate surface area is 121 Å². The number of hydrogen-bond acceptors (Lipinski definition) is 3. The molecule has 3 N–H and O–H groups in total. The third-order valence-electron chi connectivity index (χ3n) is 2.96. The van der Waals surface area contributed by atoms with E-state index in [0.717, 1.165) is 25.0 Å². The molecule has 0 saturated heterocycles. The highest BCUT2D eigenvalue weighted by Crippen LogP contribution is 2.02. The molecule has 0 aliphatic rings. The molecule has 0 aromatic heterocycles. The first kappa shape index (κ1) is 16.7. The Morgan fingerprint density at radius 1 is 1.25 bits per heavy atom. The van der Waals surface area contributed by atoms with Gasteiger partial charge in [-0.05, 0) is 38.7 Å². The van der Waals surface area contributed by atoms with E-state index >= 15 is 0 Å². The van der Waals surface area contributed by atoms with Crippen LogP contribution in [0, 0.1) is 0 Å². The van der Waals surface area contributed by atoms with Crippen molar-refractivity contribution in [2.45, 2.75) is 45.3 Å². The fourth-order valence-electron chi connectivity index (χ4n) is 1.85. The third kappa shape index (κ3) is 7.26. The van der Waals surface area contributed by atoms with Gasteiger partial charge in [-0.3, -0.25) is 4.79 Å². The van der Waals surface area contributed by atoms with E-state index in [2.05, 4.69) is 5.32 Å². The average Bonchev–Trinajstić information content (AvgIpc) is 2.43. The van der Waals surface area contributed by atoms with Crippen LogP contribution in [0.15, 0.2) is 30.3 Å². The summed E-state index contributed by atoms with van der Waals surface area (Å²) in [5.41, 5.74) is 6.98. The number of carbonyl (C=O) groups is 1. The Bertz CT molecular complexity index is 379. The quantitative estimate of drug-likeness (QED) is 0.678. The molecule has 4 heteroatoms. The predicted octanol–water partition coefficient (Wildman–Crippen LogP) is 1.88. The number of benzene rings is 1. The van der Waals surface area contributed by atoms with E-state index in [0.29, 0.717) is 13.0 Å². The van der Waals surface area contributed by atoms with Crippen LogP contribution in [0.1, 0.15) is 32.3 Å². The summed E-state index contributed by atoms with van der Waals surface area (Å²) in [5.74, 6) is -0.0846. The van der Waals surface area contributed by atoms with E-state index < -0.39 is 6.04 Å². The molecule has 0 aliphatic carbocycles. The molecule has 0 bridgehead atoms. The molecule has 4 nitrogen and oxygen atoms in total. The van der Waals surface area contributed by atoms with E-state index in [4.69, 9.17) is 10.5 Å². The number of rotatable bonds is 9. The van der Waals surface area contributed by atoms with Crippen molar-refractivity contribution in [2.75, 3.05) is 13.2 Å². The summed E-state index contributed by atoms with van der Waals surface area (Å²) >= 11 is 0. The van der Waals surface area contributed by atoms with Gasteiger partial charge >= 0.3 is 0 Å². The molecule has 0 spiro atoms. The Morgan fingerprint density at radius 2 is 1.95 bits per heavy atom. The molecule has 1 atom stereocenters. The van der Waals surface area contributed by atoms with Crippen LogP contribution in [-0.4, -0.2) is 31.2 Å². The molecule has 1 aromatic carbocycles. The number of nitrogens with two attached hydrogens (primary N) is 1. The second-order valence-corrected chi connectivity index (χ2v) is 5.21. The smallest absolute Gasteiger partial charge is 0.237 e. The van der Waals surface area contributed by atoms with Crippen LogP contribution in [0.2, 0.25) is 0 Å². The van der Waals surface area contributed by atoms with Crippen molar-refractivity contribution in [1.29, 1.82) is 0 Å². The first-order chi connectivity index (χ1) is 9.59. The summed E-state index contributed by atoms with van der Waals surface area (Å²) in [4.78, 5) is 11.8. The molecule has 1 rings (SSSR count). The number of unbranched alkanes of at least 4 members (excludes halogenated alkanes) is 1. The lowest BCUT2D eigenvalue weighted by Gasteiger charge is -2.12. The number of hydrogen-bond donors (Lipinski definition) is 2. The van der Waals surface area contributed by atoms with Gasteiger partial charge in [-0.2, -0.15) is 0 Å². The maximum atomic E-state index is 11.8. The van der Waals surface area contributed by atoms with Crippen molar-refractivity contribution in [3.05, 3.63) is 35.9 Å². The first-order valence-corrected chi connectivity index (χ1v) is 7.28. The minimum absolute atomic E-state index is 0.0846. The second-order valence-electron chi connectivity index (χ2n) is 5.21. The van der Waals surface area contributed by atoms with E-state index in [1.54, 1.807) is 0 Å². The van der Waals surface area contributed by atoms with Gasteiger partial charge in [0.2, 0.25) is 5.91 Å². The van der Waals surface area contributed by atoms with Gasteiger partial charge < -0.3 is 15.8 Å². The predicted molar refractivity (Wildman–Crippen MR) is 81.5 cm³/mol. The zero-order valence-electron chi connectivity index (χ0n) is 12.5. The summed E-state index contributed by atoms with van der Waals surface area (Å²) in [6, 6.07) is 9.34. The van der Waals surface area contributed by atoms with Gasteiger partial charge in [0.05, 0.1) is 12.1 Å². The molecular formula is C16H26N2O2. The van der Waals surface area contributed by atoms with Crippen molar-refractivity contribution in [2.24, 2.45) is 5.73 Å². The molecule has 0 radical (unpaired) electrons. The Balaban J connectivity index is 2.13. The van der Waals surface area contributed by atoms with Crippen LogP contribution in [0.4, 0.5) is 0 Å². The van der Waals surface area contributed by atoms with Crippen LogP contribution in [0.25, 0.3) is 0 Å². The number of nitrogens with one attached hydrogen (secondary N) is 1. The number of ether oxygens (including phenoxy) is 1. The molecule has 0 fully saturated rings. The van der Waals surface area contributed by atoms with Crippen LogP contribution in [0.3, 0.4) is 0 Å². The van der Waals surface area contributed by atoms with Crippen LogP contribution in [0.5, 0.6) is 0 Å². The minimum atomic E-state index is -0.482. The van der Waals surface area contributed by atoms with Crippen LogP contribution < -0.4 is 11.1 Å². The van der Waals surface area contributed by atoms with Crippen molar-refractivity contribution in [3.63, 3.8) is 0 Å². The highest BCUT2D eigenvalue weighted by Gasteiger charge is 2.12. The summed E-state index contributed by atoms with van der Waals surface area (Å²) in [6.07, 6.45) is 2.70. The lowest BCUT2D eigenvalue weighted by atomic mass is 10.1. The average molecular weight is 278 g/mol. The zero-order valence-corrected chi connectivity index (χ0v) is 12.5. The van der Waals surface area contributed by atoms with Gasteiger partial charge in [0.15, 0.2) is 0 Å². The van der Waals surface area contributed by atoms with Crippen molar-refractivity contribution in [3.8, 4) is 0 Å². The largest absolute Gasteiger partial charge is 0.379 e. The first-order valence-electron chi connectivity index (χ1n) is 7.28. The second kappa shape index (κ2) is 9.50. The fourth-order valence-corrected chi connectivity index (χ4v) is 1.85. The van der Waals surface area contributed by atoms with E-state index in [1.165, 1.54) is 0 Å². The van der Waals surface area contributed by atoms with Crippen molar-refractivity contribution >= 4 is 5.91 Å². The third-order valence-corrected chi connectivity index (χ3v) is 2.96. The summed E-state index contributed by atoms with van der Waals surface area (Å²) < 4.78 is 5.44. The molecule has 0 heterocycles. The Hall–Kier alpha value is -1.39. The summed E-state index contributed by atoms with van der Waals surface area (Å²) in [7, 11) is 0. The monoisotopic (exact) mass is 278 g/mol. The van der Waals surface area contributed by atoms with Crippen molar-refractivity contribution in [1.82, 2.24) is 5.32 Å². The standard InChI is InChI=1S/C16H26N2O2/c1-13(2)20-11-7-6-10-18-16(19)15(17)12-14-8-4-3-5-9-14/h3-5,8-9,13,15H,6-7,10-12,17H2,1-2H3,(H,18,19)/t15-/m0/s1. The maximum Gasteiger partial charge on any atom is 0.237 e. The topological polar surface area (TPSA) is 64.3 Å². The van der Waals surface area contributed by atoms with Gasteiger partial charge in [-0.15, -0.1) is 0 Å². The molecule has 20 heavy (non-hydrogen) atoms. The molecule has 0 unspecified atom stereocenters. The molecule has 1 amide bonds. The fraction of sp³-hybridized carbons (Fsp3) is 0.562. The van der Waals surface area contributed by atoms with Gasteiger partial charge in [-0.25, -0.2) is 0 Å². The summed E-state index contributed by atoms with van der Waals surface area (Å²) in [6.45, 7) is 5.43. The minimum Gasteiger partial charge on any atom is -0.379 e. The highest BCUT2D eigenvalue weighted by atomic mass is 16.5. The van der Waals surface area contributed by atoms with Gasteiger partial charge in [0.25, 0.3) is 0 Å². The molecule has 0 saturated carbocycles. The summed E-state index contributed by atoms with van der Waals surface area (Å²) in [5, 5.41) is 2.87. The van der Waals surface area contributed by atoms with Gasteiger partial charge in [0, 0.05) is 13.2 Å². The SMILES string of the molecule is CC(C)OCCCCNC(=O)[C@@H](N)Cc1ccccc1. The van der Waals surface area contributed by atoms with E-state index in [1.807, 2.05) is 44.2 Å². The lowest BCUT2D eigenvalue weighted by molar-refractivity contribution is -0.122. The lowest BCUT2D eigenvalue weighted by Crippen LogP contribution is -2.42. The van der Waals surface area contributed by atoms with E-state index in [-0.39, 0.29) is 12.0 Å². The zero-order chi connectivity index (χ0) is 14.8. The van der Waals surface area contributed by atoms with Crippen LogP contribution in [-0.2, 0) is 16.0 Å². The molecular weight excluding hydrogens is 252 g/mol. The highest BCUT2D eigenvalue weighted by molar-refractivity contribution is 5.81. The maximum absolute atomic E-state index is 11.8. The Kier molecular flexibility index (Phi) is 7.92. The van der Waals surface area contributed by atoms with Crippen molar-refractivity contribution < 1.29 is 9.53 Å². The normalized spacial score (nSPS) is 12.4.